The minimum absolute atomic E-state index is 0.0947. The highest BCUT2D eigenvalue weighted by Crippen LogP contribution is 2.30. The number of aromatic carboxylic acids is 1. The molecule has 0 aliphatic rings. The molecule has 118 valence electrons. The summed E-state index contributed by atoms with van der Waals surface area (Å²) in [4.78, 5) is 19.8. The Morgan fingerprint density at radius 1 is 1.50 bits per heavy atom. The molecule has 2 heterocycles. The minimum Gasteiger partial charge on any atom is -0.478 e. The first-order chi connectivity index (χ1) is 10.6. The van der Waals surface area contributed by atoms with Gasteiger partial charge in [0.1, 0.15) is 16.2 Å². The van der Waals surface area contributed by atoms with Gasteiger partial charge in [-0.2, -0.15) is 0 Å². The van der Waals surface area contributed by atoms with Crippen LogP contribution in [0.15, 0.2) is 18.3 Å². The number of nitrogens with zero attached hydrogens (tertiary/aromatic N) is 2. The highest BCUT2D eigenvalue weighted by atomic mass is 35.5. The quantitative estimate of drug-likeness (QED) is 0.678. The summed E-state index contributed by atoms with van der Waals surface area (Å²) in [7, 11) is 0. The van der Waals surface area contributed by atoms with Gasteiger partial charge in [-0.15, -0.1) is 0 Å². The Hall–Kier alpha value is -1.92. The van der Waals surface area contributed by atoms with Crippen LogP contribution >= 0.6 is 11.6 Å². The Bertz CT molecular complexity index is 678. The van der Waals surface area contributed by atoms with Crippen LogP contribution in [0.3, 0.4) is 0 Å². The number of fused-ring (bicyclic) bond motifs is 1. The van der Waals surface area contributed by atoms with E-state index in [0.717, 1.165) is 19.3 Å². The molecule has 2 aromatic rings. The number of unbranched alkanes of at least 4 members (excludes halogenated alkanes) is 1. The normalized spacial score (nSPS) is 12.3. The van der Waals surface area contributed by atoms with E-state index in [0.29, 0.717) is 16.7 Å². The fourth-order valence-electron chi connectivity index (χ4n) is 2.26. The maximum atomic E-state index is 11.5. The van der Waals surface area contributed by atoms with Crippen molar-refractivity contribution in [1.82, 2.24) is 9.97 Å². The number of hydrogen-bond acceptors (Lipinski definition) is 5. The topological polar surface area (TPSA) is 95.3 Å². The molecule has 0 spiro atoms. The SMILES string of the molecule is CCCCC(CO)Nc1c(C(=O)O)c(Cl)nc2cccnc12. The van der Waals surface area contributed by atoms with E-state index in [2.05, 4.69) is 22.2 Å². The number of carboxylic acid groups (broad SMARTS) is 1. The maximum absolute atomic E-state index is 11.5. The summed E-state index contributed by atoms with van der Waals surface area (Å²) in [5, 5.41) is 21.9. The Balaban J connectivity index is 2.53. The van der Waals surface area contributed by atoms with E-state index in [4.69, 9.17) is 11.6 Å². The molecule has 0 aromatic carbocycles. The standard InChI is InChI=1S/C15H18ClN3O3/c1-2-3-5-9(8-20)18-13-11(15(21)22)14(16)19-10-6-4-7-17-12(10)13/h4,6-7,9,20H,2-3,5,8H2,1H3,(H,18,19)(H,21,22). The van der Waals surface area contributed by atoms with Gasteiger partial charge in [-0.1, -0.05) is 31.4 Å². The molecule has 1 atom stereocenters. The van der Waals surface area contributed by atoms with Crippen molar-refractivity contribution in [2.24, 2.45) is 0 Å². The van der Waals surface area contributed by atoms with Crippen molar-refractivity contribution in [3.05, 3.63) is 29.0 Å². The first-order valence-electron chi connectivity index (χ1n) is 7.13. The van der Waals surface area contributed by atoms with Gasteiger partial charge in [0.15, 0.2) is 0 Å². The molecular weight excluding hydrogens is 306 g/mol. The molecule has 6 nitrogen and oxygen atoms in total. The Morgan fingerprint density at radius 2 is 2.27 bits per heavy atom. The highest BCUT2D eigenvalue weighted by molar-refractivity contribution is 6.34. The first kappa shape index (κ1) is 16.5. The van der Waals surface area contributed by atoms with Crippen LogP contribution in [-0.4, -0.2) is 38.8 Å². The highest BCUT2D eigenvalue weighted by Gasteiger charge is 2.22. The first-order valence-corrected chi connectivity index (χ1v) is 7.51. The average molecular weight is 324 g/mol. The predicted molar refractivity (Wildman–Crippen MR) is 85.5 cm³/mol. The number of carboxylic acids is 1. The summed E-state index contributed by atoms with van der Waals surface area (Å²) in [6, 6.07) is 3.16. The van der Waals surface area contributed by atoms with Gasteiger partial charge >= 0.3 is 5.97 Å². The average Bonchev–Trinajstić information content (AvgIpc) is 2.50. The zero-order valence-electron chi connectivity index (χ0n) is 12.2. The van der Waals surface area contributed by atoms with Crippen LogP contribution in [0.25, 0.3) is 11.0 Å². The smallest absolute Gasteiger partial charge is 0.341 e. The lowest BCUT2D eigenvalue weighted by molar-refractivity contribution is 0.0697. The van der Waals surface area contributed by atoms with Gasteiger partial charge < -0.3 is 15.5 Å². The molecule has 0 bridgehead atoms. The number of rotatable bonds is 7. The third-order valence-corrected chi connectivity index (χ3v) is 3.66. The molecule has 3 N–H and O–H groups in total. The molecule has 0 saturated carbocycles. The van der Waals surface area contributed by atoms with Crippen molar-refractivity contribution in [1.29, 1.82) is 0 Å². The molecule has 22 heavy (non-hydrogen) atoms. The van der Waals surface area contributed by atoms with E-state index >= 15 is 0 Å². The lowest BCUT2D eigenvalue weighted by Crippen LogP contribution is -2.25. The van der Waals surface area contributed by atoms with Crippen molar-refractivity contribution in [2.45, 2.75) is 32.2 Å². The number of aromatic nitrogens is 2. The number of halogens is 1. The fourth-order valence-corrected chi connectivity index (χ4v) is 2.53. The van der Waals surface area contributed by atoms with Gasteiger partial charge in [-0.05, 0) is 18.6 Å². The molecule has 7 heteroatoms. The number of anilines is 1. The van der Waals surface area contributed by atoms with Crippen LogP contribution in [-0.2, 0) is 0 Å². The third-order valence-electron chi connectivity index (χ3n) is 3.39. The molecule has 0 radical (unpaired) electrons. The predicted octanol–water partition coefficient (Wildman–Crippen LogP) is 2.94. The zero-order chi connectivity index (χ0) is 16.1. The fraction of sp³-hybridized carbons (Fsp3) is 0.400. The van der Waals surface area contributed by atoms with Crippen molar-refractivity contribution >= 4 is 34.3 Å². The lowest BCUT2D eigenvalue weighted by atomic mass is 10.1. The summed E-state index contributed by atoms with van der Waals surface area (Å²) in [5.41, 5.74) is 1.12. The van der Waals surface area contributed by atoms with Crippen LogP contribution in [0.1, 0.15) is 36.5 Å². The molecular formula is C15H18ClN3O3. The number of nitrogens with one attached hydrogen (secondary N) is 1. The van der Waals surface area contributed by atoms with E-state index < -0.39 is 5.97 Å². The van der Waals surface area contributed by atoms with Crippen LogP contribution in [0.5, 0.6) is 0 Å². The van der Waals surface area contributed by atoms with Crippen molar-refractivity contribution in [3.8, 4) is 0 Å². The summed E-state index contributed by atoms with van der Waals surface area (Å²) >= 11 is 6.01. The van der Waals surface area contributed by atoms with E-state index in [9.17, 15) is 15.0 Å². The van der Waals surface area contributed by atoms with Gasteiger partial charge in [0.05, 0.1) is 17.8 Å². The van der Waals surface area contributed by atoms with Gasteiger partial charge in [0.25, 0.3) is 0 Å². The van der Waals surface area contributed by atoms with Crippen LogP contribution in [0, 0.1) is 0 Å². The van der Waals surface area contributed by atoms with E-state index in [1.165, 1.54) is 0 Å². The summed E-state index contributed by atoms with van der Waals surface area (Å²) in [5.74, 6) is -1.18. The minimum atomic E-state index is -1.18. The second kappa shape index (κ2) is 7.38. The van der Waals surface area contributed by atoms with Crippen molar-refractivity contribution in [2.75, 3.05) is 11.9 Å². The van der Waals surface area contributed by atoms with Crippen molar-refractivity contribution in [3.63, 3.8) is 0 Å². The van der Waals surface area contributed by atoms with Gasteiger partial charge in [-0.3, -0.25) is 4.98 Å². The second-order valence-electron chi connectivity index (χ2n) is 4.99. The molecule has 0 fully saturated rings. The van der Waals surface area contributed by atoms with Crippen LogP contribution in [0.2, 0.25) is 5.15 Å². The molecule has 2 rings (SSSR count). The second-order valence-corrected chi connectivity index (χ2v) is 5.35. The molecule has 0 aliphatic heterocycles. The van der Waals surface area contributed by atoms with Crippen molar-refractivity contribution < 1.29 is 15.0 Å². The molecule has 1 unspecified atom stereocenters. The molecule has 0 saturated heterocycles. The lowest BCUT2D eigenvalue weighted by Gasteiger charge is -2.20. The Morgan fingerprint density at radius 3 is 2.91 bits per heavy atom. The monoisotopic (exact) mass is 323 g/mol. The summed E-state index contributed by atoms with van der Waals surface area (Å²) in [6.07, 6.45) is 4.19. The van der Waals surface area contributed by atoms with Gasteiger partial charge in [0, 0.05) is 12.2 Å². The van der Waals surface area contributed by atoms with E-state index in [1.54, 1.807) is 18.3 Å². The Labute approximate surface area is 133 Å². The largest absolute Gasteiger partial charge is 0.478 e. The van der Waals surface area contributed by atoms with Gasteiger partial charge in [0.2, 0.25) is 0 Å². The maximum Gasteiger partial charge on any atom is 0.341 e. The summed E-state index contributed by atoms with van der Waals surface area (Å²) in [6.45, 7) is 1.95. The molecule has 0 aliphatic carbocycles. The number of aliphatic hydroxyl groups excluding tert-OH is 1. The third kappa shape index (κ3) is 3.45. The van der Waals surface area contributed by atoms with E-state index in [-0.39, 0.29) is 23.4 Å². The molecule has 2 aromatic heterocycles. The number of hydrogen-bond donors (Lipinski definition) is 3. The van der Waals surface area contributed by atoms with Gasteiger partial charge in [-0.25, -0.2) is 9.78 Å². The van der Waals surface area contributed by atoms with Crippen LogP contribution in [0.4, 0.5) is 5.69 Å². The van der Waals surface area contributed by atoms with E-state index in [1.807, 2.05) is 0 Å². The zero-order valence-corrected chi connectivity index (χ0v) is 13.0. The number of aliphatic hydroxyl groups is 1. The molecule has 0 amide bonds. The van der Waals surface area contributed by atoms with Crippen LogP contribution < -0.4 is 5.32 Å². The Kier molecular flexibility index (Phi) is 5.51. The number of pyridine rings is 2. The summed E-state index contributed by atoms with van der Waals surface area (Å²) < 4.78 is 0. The number of carbonyl (C=O) groups is 1.